The van der Waals surface area contributed by atoms with Gasteiger partial charge in [-0.05, 0) is 32.6 Å². The topological polar surface area (TPSA) is 66.8 Å². The molecule has 24 heavy (non-hydrogen) atoms. The molecule has 0 heterocycles. The molecule has 0 rings (SSSR count). The Morgan fingerprint density at radius 3 is 1.12 bits per heavy atom. The summed E-state index contributed by atoms with van der Waals surface area (Å²) in [6, 6.07) is 0. The van der Waals surface area contributed by atoms with Crippen LogP contribution in [0.5, 0.6) is 0 Å². The average molecular weight is 369 g/mol. The van der Waals surface area contributed by atoms with E-state index in [1.54, 1.807) is 0 Å². The van der Waals surface area contributed by atoms with Crippen molar-refractivity contribution >= 4 is 7.82 Å². The van der Waals surface area contributed by atoms with Gasteiger partial charge in [0, 0.05) is 0 Å². The number of quaternary nitrogens is 1. The van der Waals surface area contributed by atoms with Crippen LogP contribution in [0.3, 0.4) is 0 Å². The fourth-order valence-corrected chi connectivity index (χ4v) is 3.15. The number of hydrogen-bond acceptors (Lipinski definition) is 2. The Balaban J connectivity index is 0. The highest BCUT2D eigenvalue weighted by atomic mass is 31.2. The van der Waals surface area contributed by atoms with Gasteiger partial charge in [0.15, 0.2) is 0 Å². The van der Waals surface area contributed by atoms with E-state index in [4.69, 9.17) is 9.79 Å². The summed E-state index contributed by atoms with van der Waals surface area (Å²) >= 11 is 0. The van der Waals surface area contributed by atoms with E-state index >= 15 is 0 Å². The molecule has 0 saturated carbocycles. The summed E-state index contributed by atoms with van der Waals surface area (Å²) in [5, 5.41) is 0. The van der Waals surface area contributed by atoms with Gasteiger partial charge in [-0.15, -0.1) is 0 Å². The summed E-state index contributed by atoms with van der Waals surface area (Å²) in [4.78, 5) is 15.8. The van der Waals surface area contributed by atoms with Crippen LogP contribution in [0.15, 0.2) is 0 Å². The molecule has 0 amide bonds. The van der Waals surface area contributed by atoms with Crippen LogP contribution in [0, 0.1) is 0 Å². The molecule has 0 aromatic carbocycles. The van der Waals surface area contributed by atoms with Crippen molar-refractivity contribution in [3.8, 4) is 0 Å². The predicted octanol–water partition coefficient (Wildman–Crippen LogP) is 5.12. The van der Waals surface area contributed by atoms with Gasteiger partial charge in [0.05, 0.1) is 32.8 Å². The van der Waals surface area contributed by atoms with Crippen molar-refractivity contribution in [1.82, 2.24) is 0 Å². The fraction of sp³-hybridized carbons (Fsp3) is 1.00. The van der Waals surface area contributed by atoms with Crippen LogP contribution < -0.4 is 0 Å². The predicted molar refractivity (Wildman–Crippen MR) is 103 cm³/mol. The highest BCUT2D eigenvalue weighted by molar-refractivity contribution is 7.46. The lowest BCUT2D eigenvalue weighted by molar-refractivity contribution is -0.929. The van der Waals surface area contributed by atoms with E-state index in [-0.39, 0.29) is 6.61 Å². The summed E-state index contributed by atoms with van der Waals surface area (Å²) in [6.45, 7) is 16.6. The second-order valence-corrected chi connectivity index (χ2v) is 7.80. The minimum atomic E-state index is -4.17. The third-order valence-electron chi connectivity index (χ3n) is 4.24. The molecule has 0 bridgehead atoms. The average Bonchev–Trinajstić information content (AvgIpc) is 2.53. The Hall–Kier alpha value is 0.0700. The molecule has 2 N–H and O–H groups in total. The van der Waals surface area contributed by atoms with Gasteiger partial charge in [0.25, 0.3) is 0 Å². The molecule has 0 aliphatic heterocycles. The van der Waals surface area contributed by atoms with E-state index in [1.165, 1.54) is 89.0 Å². The van der Waals surface area contributed by atoms with E-state index in [2.05, 4.69) is 32.2 Å². The molecule has 148 valence electrons. The van der Waals surface area contributed by atoms with Gasteiger partial charge < -0.3 is 14.3 Å². The molecular formula is C18H43NO4P+. The number of phosphoric ester groups is 1. The van der Waals surface area contributed by atoms with Crippen LogP contribution in [0.25, 0.3) is 0 Å². The lowest BCUT2D eigenvalue weighted by Gasteiger charge is -2.39. The summed E-state index contributed by atoms with van der Waals surface area (Å²) in [7, 11) is -4.17. The molecule has 0 atom stereocenters. The van der Waals surface area contributed by atoms with E-state index in [9.17, 15) is 4.57 Å². The molecule has 0 unspecified atom stereocenters. The molecule has 0 aliphatic carbocycles. The second-order valence-electron chi connectivity index (χ2n) is 6.56. The van der Waals surface area contributed by atoms with Crippen molar-refractivity contribution in [3.63, 3.8) is 0 Å². The van der Waals surface area contributed by atoms with Crippen LogP contribution in [0.2, 0.25) is 0 Å². The molecule has 6 heteroatoms. The Morgan fingerprint density at radius 2 is 1.00 bits per heavy atom. The summed E-state index contributed by atoms with van der Waals surface area (Å²) in [5.41, 5.74) is 0. The first-order chi connectivity index (χ1) is 11.3. The van der Waals surface area contributed by atoms with Gasteiger partial charge in [-0.25, -0.2) is 4.57 Å². The highest BCUT2D eigenvalue weighted by Gasteiger charge is 2.24. The van der Waals surface area contributed by atoms with Gasteiger partial charge in [-0.3, -0.25) is 4.52 Å². The number of hydrogen-bond donors (Lipinski definition) is 2. The maximum atomic E-state index is 9.70. The maximum Gasteiger partial charge on any atom is 0.469 e. The largest absolute Gasteiger partial charge is 0.469 e. The third kappa shape index (κ3) is 16.9. The lowest BCUT2D eigenvalue weighted by atomic mass is 10.1. The molecule has 0 saturated heterocycles. The molecule has 0 aromatic rings. The number of rotatable bonds is 14. The third-order valence-corrected chi connectivity index (χ3v) is 4.84. The maximum absolute atomic E-state index is 9.70. The second kappa shape index (κ2) is 16.5. The van der Waals surface area contributed by atoms with Crippen molar-refractivity contribution in [2.75, 3.05) is 32.8 Å². The fourth-order valence-electron chi connectivity index (χ4n) is 2.81. The van der Waals surface area contributed by atoms with E-state index < -0.39 is 7.82 Å². The van der Waals surface area contributed by atoms with E-state index in [0.717, 1.165) is 0 Å². The van der Waals surface area contributed by atoms with Crippen molar-refractivity contribution in [2.45, 2.75) is 86.0 Å². The SMILES string of the molecule is CCCC[N+](CCCC)(CCCC)CCCC.CCOP(=O)(O)O. The Kier molecular flexibility index (Phi) is 18.1. The van der Waals surface area contributed by atoms with Crippen LogP contribution in [0.1, 0.15) is 86.0 Å². The summed E-state index contributed by atoms with van der Waals surface area (Å²) in [6.07, 6.45) is 11.1. The standard InChI is InChI=1S/C16H36N.C2H7O4P/c1-5-9-13-17(14-10-6-2,15-11-7-3)16-12-8-4;1-2-6-7(3,4)5/h5-16H2,1-4H3;2H2,1H3,(H2,3,4,5)/q+1;. The monoisotopic (exact) mass is 368 g/mol. The van der Waals surface area contributed by atoms with Gasteiger partial charge in [0.1, 0.15) is 0 Å². The number of nitrogens with zero attached hydrogens (tertiary/aromatic N) is 1. The molecule has 5 nitrogen and oxygen atoms in total. The van der Waals surface area contributed by atoms with Crippen LogP contribution >= 0.6 is 7.82 Å². The minimum absolute atomic E-state index is 0.0459. The van der Waals surface area contributed by atoms with E-state index in [0.29, 0.717) is 0 Å². The van der Waals surface area contributed by atoms with Gasteiger partial charge in [-0.2, -0.15) is 0 Å². The van der Waals surface area contributed by atoms with Crippen LogP contribution in [-0.2, 0) is 9.09 Å². The molecule has 0 aliphatic rings. The van der Waals surface area contributed by atoms with Gasteiger partial charge >= 0.3 is 7.82 Å². The number of phosphoric acid groups is 1. The Labute approximate surface area is 150 Å². The summed E-state index contributed by atoms with van der Waals surface area (Å²) < 4.78 is 15.0. The van der Waals surface area contributed by atoms with Gasteiger partial charge in [0.2, 0.25) is 0 Å². The molecule has 0 radical (unpaired) electrons. The first-order valence-electron chi connectivity index (χ1n) is 9.85. The van der Waals surface area contributed by atoms with E-state index in [1.807, 2.05) is 0 Å². The van der Waals surface area contributed by atoms with Crippen molar-refractivity contribution in [1.29, 1.82) is 0 Å². The first kappa shape index (κ1) is 26.3. The zero-order valence-corrected chi connectivity index (χ0v) is 17.7. The smallest absolute Gasteiger partial charge is 0.324 e. The zero-order valence-electron chi connectivity index (χ0n) is 16.8. The normalized spacial score (nSPS) is 12.0. The Bertz CT molecular complexity index is 270. The van der Waals surface area contributed by atoms with Crippen molar-refractivity contribution in [2.24, 2.45) is 0 Å². The summed E-state index contributed by atoms with van der Waals surface area (Å²) in [5.74, 6) is 0. The first-order valence-corrected chi connectivity index (χ1v) is 11.4. The van der Waals surface area contributed by atoms with Crippen molar-refractivity contribution < 1.29 is 23.4 Å². The molecule has 0 aromatic heterocycles. The lowest BCUT2D eigenvalue weighted by Crippen LogP contribution is -2.50. The molecular weight excluding hydrogens is 325 g/mol. The number of unbranched alkanes of at least 4 members (excludes halogenated alkanes) is 4. The van der Waals surface area contributed by atoms with Gasteiger partial charge in [-0.1, -0.05) is 53.4 Å². The van der Waals surface area contributed by atoms with Crippen molar-refractivity contribution in [3.05, 3.63) is 0 Å². The Morgan fingerprint density at radius 1 is 0.708 bits per heavy atom. The van der Waals surface area contributed by atoms with Crippen LogP contribution in [-0.4, -0.2) is 47.1 Å². The quantitative estimate of drug-likeness (QED) is 0.330. The minimum Gasteiger partial charge on any atom is -0.324 e. The molecule has 0 spiro atoms. The van der Waals surface area contributed by atoms with Crippen LogP contribution in [0.4, 0.5) is 0 Å². The molecule has 0 fully saturated rings. The highest BCUT2D eigenvalue weighted by Crippen LogP contribution is 2.34. The zero-order chi connectivity index (χ0) is 18.9.